The molecule has 35 heavy (non-hydrogen) atoms. The van der Waals surface area contributed by atoms with Crippen molar-refractivity contribution >= 4 is 17.3 Å². The molecule has 1 spiro atoms. The molecular formula is C27H27ClN6O. The molecule has 0 atom stereocenters. The van der Waals surface area contributed by atoms with Crippen molar-refractivity contribution in [1.82, 2.24) is 24.5 Å². The maximum atomic E-state index is 9.00. The second-order valence-corrected chi connectivity index (χ2v) is 9.85. The Morgan fingerprint density at radius 2 is 1.77 bits per heavy atom. The van der Waals surface area contributed by atoms with Gasteiger partial charge in [0.2, 0.25) is 0 Å². The van der Waals surface area contributed by atoms with E-state index in [1.54, 1.807) is 0 Å². The van der Waals surface area contributed by atoms with E-state index in [2.05, 4.69) is 44.3 Å². The molecule has 1 aliphatic carbocycles. The molecule has 8 heteroatoms. The minimum atomic E-state index is -0.325. The van der Waals surface area contributed by atoms with Gasteiger partial charge in [-0.05, 0) is 68.9 Å². The first-order valence-electron chi connectivity index (χ1n) is 12.1. The van der Waals surface area contributed by atoms with E-state index < -0.39 is 0 Å². The van der Waals surface area contributed by atoms with Gasteiger partial charge in [0.15, 0.2) is 5.82 Å². The Kier molecular flexibility index (Phi) is 5.54. The summed E-state index contributed by atoms with van der Waals surface area (Å²) in [6, 6.07) is 14.4. The summed E-state index contributed by atoms with van der Waals surface area (Å²) in [5.41, 5.74) is 5.91. The van der Waals surface area contributed by atoms with E-state index in [0.717, 1.165) is 84.0 Å². The summed E-state index contributed by atoms with van der Waals surface area (Å²) in [5, 5.41) is 23.2. The maximum absolute atomic E-state index is 9.00. The van der Waals surface area contributed by atoms with Crippen LogP contribution < -0.4 is 0 Å². The first-order chi connectivity index (χ1) is 17.1. The van der Waals surface area contributed by atoms with Gasteiger partial charge >= 0.3 is 0 Å². The highest BCUT2D eigenvalue weighted by Gasteiger charge is 2.51. The largest absolute Gasteiger partial charge is 0.396 e. The number of unbranched alkanes of at least 4 members (excludes halogenated alkanes) is 2. The van der Waals surface area contributed by atoms with Crippen LogP contribution in [0.3, 0.4) is 0 Å². The van der Waals surface area contributed by atoms with Gasteiger partial charge in [-0.15, -0.1) is 10.2 Å². The van der Waals surface area contributed by atoms with E-state index in [1.807, 2.05) is 42.1 Å². The lowest BCUT2D eigenvalue weighted by molar-refractivity contribution is 0.281. The summed E-state index contributed by atoms with van der Waals surface area (Å²) < 4.78 is 4.15. The van der Waals surface area contributed by atoms with Crippen LogP contribution in [0.2, 0.25) is 5.02 Å². The molecule has 0 amide bonds. The van der Waals surface area contributed by atoms with Gasteiger partial charge in [0.05, 0.1) is 17.6 Å². The second-order valence-electron chi connectivity index (χ2n) is 9.41. The summed E-state index contributed by atoms with van der Waals surface area (Å²) in [7, 11) is 0. The van der Waals surface area contributed by atoms with Gasteiger partial charge in [-0.2, -0.15) is 5.10 Å². The third-order valence-corrected chi connectivity index (χ3v) is 7.16. The zero-order valence-corrected chi connectivity index (χ0v) is 20.4. The van der Waals surface area contributed by atoms with Crippen LogP contribution >= 0.6 is 11.6 Å². The summed E-state index contributed by atoms with van der Waals surface area (Å²) in [6.45, 7) is 3.08. The number of aryl methyl sites for hydroxylation is 2. The smallest absolute Gasteiger partial charge is 0.165 e. The lowest BCUT2D eigenvalue weighted by Gasteiger charge is -2.14. The SMILES string of the molecule is Cc1nnc2n1-c1ccc(-c3cnn(CCCCCO)c3)cc1C(c1ccc(Cl)cc1)=NC21CC1. The van der Waals surface area contributed by atoms with E-state index in [4.69, 9.17) is 21.7 Å². The predicted octanol–water partition coefficient (Wildman–Crippen LogP) is 5.10. The third kappa shape index (κ3) is 3.98. The van der Waals surface area contributed by atoms with E-state index in [-0.39, 0.29) is 12.1 Å². The minimum Gasteiger partial charge on any atom is -0.396 e. The number of benzene rings is 2. The molecule has 0 saturated heterocycles. The van der Waals surface area contributed by atoms with Crippen molar-refractivity contribution < 1.29 is 5.11 Å². The molecule has 1 aliphatic heterocycles. The van der Waals surface area contributed by atoms with Crippen molar-refractivity contribution in [2.45, 2.75) is 51.1 Å². The fourth-order valence-electron chi connectivity index (χ4n) is 4.86. The molecule has 0 unspecified atom stereocenters. The van der Waals surface area contributed by atoms with Crippen molar-refractivity contribution in [1.29, 1.82) is 0 Å². The van der Waals surface area contributed by atoms with Gasteiger partial charge in [0.1, 0.15) is 11.4 Å². The monoisotopic (exact) mass is 486 g/mol. The Bertz CT molecular complexity index is 1410. The number of aliphatic imine (C=N–C) groups is 1. The first-order valence-corrected chi connectivity index (χ1v) is 12.5. The molecule has 2 aromatic heterocycles. The first kappa shape index (κ1) is 22.2. The van der Waals surface area contributed by atoms with Crippen LogP contribution in [0.15, 0.2) is 59.9 Å². The summed E-state index contributed by atoms with van der Waals surface area (Å²) >= 11 is 6.21. The van der Waals surface area contributed by atoms with Crippen LogP contribution in [-0.2, 0) is 12.1 Å². The highest BCUT2D eigenvalue weighted by molar-refractivity contribution is 6.30. The summed E-state index contributed by atoms with van der Waals surface area (Å²) in [5.74, 6) is 1.78. The number of fused-ring (bicyclic) bond motifs is 4. The van der Waals surface area contributed by atoms with E-state index in [1.165, 1.54) is 0 Å². The highest BCUT2D eigenvalue weighted by Crippen LogP contribution is 2.51. The van der Waals surface area contributed by atoms with Gasteiger partial charge in [-0.3, -0.25) is 14.2 Å². The van der Waals surface area contributed by atoms with Crippen molar-refractivity contribution in [3.63, 3.8) is 0 Å². The Labute approximate surface area is 209 Å². The van der Waals surface area contributed by atoms with Gasteiger partial charge in [-0.1, -0.05) is 29.8 Å². The molecule has 3 heterocycles. The average molecular weight is 487 g/mol. The van der Waals surface area contributed by atoms with Gasteiger partial charge < -0.3 is 5.11 Å². The Hall–Kier alpha value is -3.29. The molecule has 2 aromatic carbocycles. The van der Waals surface area contributed by atoms with E-state index in [9.17, 15) is 0 Å². The van der Waals surface area contributed by atoms with Crippen molar-refractivity contribution in [3.05, 3.63) is 82.7 Å². The van der Waals surface area contributed by atoms with Gasteiger partial charge in [0.25, 0.3) is 0 Å². The molecular weight excluding hydrogens is 460 g/mol. The number of rotatable bonds is 7. The molecule has 7 nitrogen and oxygen atoms in total. The zero-order chi connectivity index (χ0) is 24.0. The zero-order valence-electron chi connectivity index (χ0n) is 19.7. The van der Waals surface area contributed by atoms with E-state index >= 15 is 0 Å². The number of nitrogens with zero attached hydrogens (tertiary/aromatic N) is 6. The lowest BCUT2D eigenvalue weighted by atomic mass is 9.96. The average Bonchev–Trinajstić information content (AvgIpc) is 3.34. The number of hydrogen-bond donors (Lipinski definition) is 1. The fourth-order valence-corrected chi connectivity index (χ4v) is 4.98. The Morgan fingerprint density at radius 3 is 2.54 bits per heavy atom. The molecule has 4 aromatic rings. The maximum Gasteiger partial charge on any atom is 0.165 e. The van der Waals surface area contributed by atoms with Crippen LogP contribution in [0.4, 0.5) is 0 Å². The van der Waals surface area contributed by atoms with Crippen molar-refractivity contribution in [3.8, 4) is 16.8 Å². The number of halogens is 1. The Morgan fingerprint density at radius 1 is 0.971 bits per heavy atom. The summed E-state index contributed by atoms with van der Waals surface area (Å²) in [4.78, 5) is 5.32. The minimum absolute atomic E-state index is 0.242. The van der Waals surface area contributed by atoms with Gasteiger partial charge in [-0.25, -0.2) is 0 Å². The standard InChI is InChI=1S/C27H27ClN6O/c1-18-31-32-26-27(11-12-27)30-25(19-5-8-22(28)9-6-19)23-15-20(7-10-24(23)34(18)26)21-16-29-33(17-21)13-3-2-4-14-35/h5-10,15-17,35H,2-4,11-14H2,1H3. The molecule has 1 fully saturated rings. The number of aliphatic hydroxyl groups is 1. The third-order valence-electron chi connectivity index (χ3n) is 6.91. The number of hydrogen-bond acceptors (Lipinski definition) is 5. The topological polar surface area (TPSA) is 81.1 Å². The lowest BCUT2D eigenvalue weighted by Crippen LogP contribution is -2.11. The molecule has 0 bridgehead atoms. The van der Waals surface area contributed by atoms with Crippen LogP contribution in [0, 0.1) is 6.92 Å². The molecule has 1 saturated carbocycles. The molecule has 1 N–H and O–H groups in total. The quantitative estimate of drug-likeness (QED) is 0.369. The van der Waals surface area contributed by atoms with Crippen LogP contribution in [-0.4, -0.2) is 42.0 Å². The highest BCUT2D eigenvalue weighted by atomic mass is 35.5. The molecule has 2 aliphatic rings. The number of aromatic nitrogens is 5. The van der Waals surface area contributed by atoms with Crippen LogP contribution in [0.25, 0.3) is 16.8 Å². The van der Waals surface area contributed by atoms with Crippen molar-refractivity contribution in [2.75, 3.05) is 6.61 Å². The van der Waals surface area contributed by atoms with Gasteiger partial charge in [0, 0.05) is 41.1 Å². The molecule has 178 valence electrons. The molecule has 6 rings (SSSR count). The Balaban J connectivity index is 1.45. The summed E-state index contributed by atoms with van der Waals surface area (Å²) in [6.07, 6.45) is 8.76. The predicted molar refractivity (Wildman–Crippen MR) is 136 cm³/mol. The van der Waals surface area contributed by atoms with Crippen LogP contribution in [0.1, 0.15) is 54.9 Å². The van der Waals surface area contributed by atoms with Crippen LogP contribution in [0.5, 0.6) is 0 Å². The fraction of sp³-hybridized carbons (Fsp3) is 0.333. The second kappa shape index (κ2) is 8.73. The normalized spacial score (nSPS) is 15.5. The number of aliphatic hydroxyl groups excluding tert-OH is 1. The van der Waals surface area contributed by atoms with Crippen molar-refractivity contribution in [2.24, 2.45) is 4.99 Å². The van der Waals surface area contributed by atoms with E-state index in [0.29, 0.717) is 5.02 Å². The molecule has 0 radical (unpaired) electrons.